The third-order valence-corrected chi connectivity index (χ3v) is 2.57. The summed E-state index contributed by atoms with van der Waals surface area (Å²) in [6.45, 7) is 5.39. The second kappa shape index (κ2) is 4.56. The molecular weight excluding hydrogens is 300 g/mol. The van der Waals surface area contributed by atoms with E-state index in [-0.39, 0.29) is 0 Å². The molecule has 0 spiro atoms. The summed E-state index contributed by atoms with van der Waals surface area (Å²) in [4.78, 5) is 22.9. The van der Waals surface area contributed by atoms with Gasteiger partial charge in [-0.15, -0.1) is 0 Å². The number of fused-ring (bicyclic) bond motifs is 1. The Kier molecular flexibility index (Phi) is 3.25. The molecule has 0 saturated heterocycles. The standard InChI is InChI=1S/C11H13BrN4O2/c1-11(2,3)18-10(17)16-7-5-14-9-8(15-7)6(12)4-13-9/h4-5H,1-3H3,(H,13,14)(H,15,16,17). The second-order valence-electron chi connectivity index (χ2n) is 4.72. The first-order chi connectivity index (χ1) is 8.35. The van der Waals surface area contributed by atoms with Crippen LogP contribution in [0.3, 0.4) is 0 Å². The highest BCUT2D eigenvalue weighted by atomic mass is 79.9. The van der Waals surface area contributed by atoms with Crippen LogP contribution in [-0.2, 0) is 4.74 Å². The minimum Gasteiger partial charge on any atom is -0.444 e. The molecule has 2 rings (SSSR count). The minimum absolute atomic E-state index is 0.344. The molecule has 0 saturated carbocycles. The molecule has 0 radical (unpaired) electrons. The van der Waals surface area contributed by atoms with Crippen molar-refractivity contribution in [3.8, 4) is 0 Å². The zero-order valence-electron chi connectivity index (χ0n) is 10.2. The van der Waals surface area contributed by atoms with Crippen LogP contribution >= 0.6 is 15.9 Å². The van der Waals surface area contributed by atoms with E-state index in [0.29, 0.717) is 17.0 Å². The maximum atomic E-state index is 11.6. The van der Waals surface area contributed by atoms with Gasteiger partial charge < -0.3 is 9.72 Å². The van der Waals surface area contributed by atoms with E-state index in [2.05, 4.69) is 36.2 Å². The fourth-order valence-electron chi connectivity index (χ4n) is 1.33. The van der Waals surface area contributed by atoms with Crippen molar-refractivity contribution in [3.63, 3.8) is 0 Å². The molecule has 0 unspecified atom stereocenters. The SMILES string of the molecule is CC(C)(C)OC(=O)Nc1cnc2[nH]cc(Br)c2n1. The number of H-pyrrole nitrogens is 1. The van der Waals surface area contributed by atoms with Gasteiger partial charge in [0.05, 0.1) is 10.7 Å². The van der Waals surface area contributed by atoms with Gasteiger partial charge in [0, 0.05) is 6.20 Å². The molecule has 0 atom stereocenters. The van der Waals surface area contributed by atoms with Crippen molar-refractivity contribution < 1.29 is 9.53 Å². The Labute approximate surface area is 112 Å². The van der Waals surface area contributed by atoms with Gasteiger partial charge in [-0.25, -0.2) is 14.8 Å². The normalized spacial score (nSPS) is 11.6. The highest BCUT2D eigenvalue weighted by Crippen LogP contribution is 2.21. The van der Waals surface area contributed by atoms with Crippen molar-refractivity contribution in [2.75, 3.05) is 5.32 Å². The van der Waals surface area contributed by atoms with Crippen LogP contribution in [0.5, 0.6) is 0 Å². The average Bonchev–Trinajstić information content (AvgIpc) is 2.57. The van der Waals surface area contributed by atoms with Crippen molar-refractivity contribution in [1.82, 2.24) is 15.0 Å². The van der Waals surface area contributed by atoms with Gasteiger partial charge in [0.25, 0.3) is 0 Å². The zero-order valence-corrected chi connectivity index (χ0v) is 11.8. The lowest BCUT2D eigenvalue weighted by Gasteiger charge is -2.19. The maximum Gasteiger partial charge on any atom is 0.413 e. The summed E-state index contributed by atoms with van der Waals surface area (Å²) in [5, 5.41) is 2.54. The van der Waals surface area contributed by atoms with Gasteiger partial charge in [-0.2, -0.15) is 0 Å². The fraction of sp³-hybridized carbons (Fsp3) is 0.364. The number of carbonyl (C=O) groups is 1. The summed E-state index contributed by atoms with van der Waals surface area (Å²) in [7, 11) is 0. The molecule has 6 nitrogen and oxygen atoms in total. The summed E-state index contributed by atoms with van der Waals surface area (Å²) in [6, 6.07) is 0. The number of nitrogens with one attached hydrogen (secondary N) is 2. The Morgan fingerprint density at radius 3 is 2.89 bits per heavy atom. The lowest BCUT2D eigenvalue weighted by atomic mass is 10.2. The van der Waals surface area contributed by atoms with Crippen LogP contribution in [-0.4, -0.2) is 26.6 Å². The van der Waals surface area contributed by atoms with Crippen LogP contribution in [0, 0.1) is 0 Å². The van der Waals surface area contributed by atoms with Crippen LogP contribution in [0.25, 0.3) is 11.2 Å². The molecule has 2 heterocycles. The first kappa shape index (κ1) is 12.8. The molecule has 0 fully saturated rings. The summed E-state index contributed by atoms with van der Waals surface area (Å²) >= 11 is 3.34. The van der Waals surface area contributed by atoms with Crippen LogP contribution in [0.1, 0.15) is 20.8 Å². The Balaban J connectivity index is 2.17. The highest BCUT2D eigenvalue weighted by molar-refractivity contribution is 9.10. The lowest BCUT2D eigenvalue weighted by Crippen LogP contribution is -2.27. The number of amides is 1. The van der Waals surface area contributed by atoms with E-state index >= 15 is 0 Å². The maximum absolute atomic E-state index is 11.6. The van der Waals surface area contributed by atoms with Crippen molar-refractivity contribution >= 4 is 39.0 Å². The van der Waals surface area contributed by atoms with Crippen molar-refractivity contribution in [2.45, 2.75) is 26.4 Å². The minimum atomic E-state index is -0.553. The van der Waals surface area contributed by atoms with Gasteiger partial charge in [-0.1, -0.05) is 0 Å². The molecule has 2 aromatic rings. The number of halogens is 1. The molecule has 2 N–H and O–H groups in total. The van der Waals surface area contributed by atoms with Crippen LogP contribution in [0.4, 0.5) is 10.6 Å². The van der Waals surface area contributed by atoms with Gasteiger partial charge in [-0.05, 0) is 36.7 Å². The number of anilines is 1. The number of ether oxygens (including phenoxy) is 1. The quantitative estimate of drug-likeness (QED) is 0.848. The molecule has 0 bridgehead atoms. The first-order valence-electron chi connectivity index (χ1n) is 5.35. The van der Waals surface area contributed by atoms with E-state index in [1.807, 2.05) is 0 Å². The Morgan fingerprint density at radius 1 is 1.50 bits per heavy atom. The van der Waals surface area contributed by atoms with Crippen molar-refractivity contribution in [2.24, 2.45) is 0 Å². The smallest absolute Gasteiger partial charge is 0.413 e. The third-order valence-electron chi connectivity index (χ3n) is 1.96. The molecule has 18 heavy (non-hydrogen) atoms. The number of carbonyl (C=O) groups excluding carboxylic acids is 1. The van der Waals surface area contributed by atoms with Gasteiger partial charge in [-0.3, -0.25) is 5.32 Å². The number of hydrogen-bond acceptors (Lipinski definition) is 4. The van der Waals surface area contributed by atoms with E-state index in [1.54, 1.807) is 27.0 Å². The Bertz CT molecular complexity index is 588. The zero-order chi connectivity index (χ0) is 13.3. The average molecular weight is 313 g/mol. The molecule has 7 heteroatoms. The van der Waals surface area contributed by atoms with Gasteiger partial charge in [0.1, 0.15) is 11.1 Å². The monoisotopic (exact) mass is 312 g/mol. The topological polar surface area (TPSA) is 79.9 Å². The molecule has 0 aliphatic heterocycles. The van der Waals surface area contributed by atoms with E-state index in [1.165, 1.54) is 6.20 Å². The van der Waals surface area contributed by atoms with Crippen LogP contribution in [0.2, 0.25) is 0 Å². The summed E-state index contributed by atoms with van der Waals surface area (Å²) in [6.07, 6.45) is 2.65. The highest BCUT2D eigenvalue weighted by Gasteiger charge is 2.17. The van der Waals surface area contributed by atoms with Crippen molar-refractivity contribution in [1.29, 1.82) is 0 Å². The first-order valence-corrected chi connectivity index (χ1v) is 6.14. The van der Waals surface area contributed by atoms with Gasteiger partial charge in [0.2, 0.25) is 0 Å². The number of rotatable bonds is 1. The number of nitrogens with zero attached hydrogens (tertiary/aromatic N) is 2. The summed E-state index contributed by atoms with van der Waals surface area (Å²) in [5.74, 6) is 0.344. The predicted molar refractivity (Wildman–Crippen MR) is 71.4 cm³/mol. The van der Waals surface area contributed by atoms with E-state index in [0.717, 1.165) is 4.47 Å². The molecule has 96 valence electrons. The van der Waals surface area contributed by atoms with Gasteiger partial charge >= 0.3 is 6.09 Å². The van der Waals surface area contributed by atoms with Gasteiger partial charge in [0.15, 0.2) is 11.5 Å². The second-order valence-corrected chi connectivity index (χ2v) is 5.57. The number of aromatic amines is 1. The summed E-state index contributed by atoms with van der Waals surface area (Å²) in [5.41, 5.74) is 0.760. The van der Waals surface area contributed by atoms with Crippen LogP contribution in [0.15, 0.2) is 16.9 Å². The molecular formula is C11H13BrN4O2. The van der Waals surface area contributed by atoms with E-state index in [9.17, 15) is 4.79 Å². The third kappa shape index (κ3) is 2.98. The fourth-order valence-corrected chi connectivity index (χ4v) is 1.72. The Morgan fingerprint density at radius 2 is 2.22 bits per heavy atom. The Hall–Kier alpha value is -1.63. The van der Waals surface area contributed by atoms with E-state index < -0.39 is 11.7 Å². The molecule has 0 aromatic carbocycles. The number of aromatic nitrogens is 3. The van der Waals surface area contributed by atoms with Crippen molar-refractivity contribution in [3.05, 3.63) is 16.9 Å². The molecule has 0 aliphatic carbocycles. The molecule has 2 aromatic heterocycles. The largest absolute Gasteiger partial charge is 0.444 e. The van der Waals surface area contributed by atoms with Crippen LogP contribution < -0.4 is 5.32 Å². The predicted octanol–water partition coefficient (Wildman–Crippen LogP) is 3.07. The lowest BCUT2D eigenvalue weighted by molar-refractivity contribution is 0.0635. The van der Waals surface area contributed by atoms with E-state index in [4.69, 9.17) is 4.74 Å². The summed E-state index contributed by atoms with van der Waals surface area (Å²) < 4.78 is 5.92. The number of hydrogen-bond donors (Lipinski definition) is 2. The molecule has 0 aliphatic rings. The molecule has 1 amide bonds.